The van der Waals surface area contributed by atoms with Crippen molar-refractivity contribution >= 4 is 17.7 Å². The van der Waals surface area contributed by atoms with Gasteiger partial charge in [0.15, 0.2) is 0 Å². The van der Waals surface area contributed by atoms with Gasteiger partial charge in [-0.3, -0.25) is 10.1 Å². The Labute approximate surface area is 129 Å². The normalized spacial score (nSPS) is 20.2. The molecule has 1 aliphatic rings. The van der Waals surface area contributed by atoms with E-state index < -0.39 is 23.6 Å². The quantitative estimate of drug-likeness (QED) is 0.892. The minimum atomic E-state index is -0.823. The number of carbonyl (C=O) groups excluding carboxylic acids is 1. The molecule has 2 N–H and O–H groups in total. The molecule has 0 spiro atoms. The number of hydrogen-bond acceptors (Lipinski definition) is 4. The van der Waals surface area contributed by atoms with Crippen molar-refractivity contribution in [3.63, 3.8) is 0 Å². The number of nitrogens with one attached hydrogen (secondary N) is 1. The van der Waals surface area contributed by atoms with Crippen LogP contribution in [-0.2, 0) is 9.53 Å². The van der Waals surface area contributed by atoms with Crippen LogP contribution in [0.15, 0.2) is 18.2 Å². The SMILES string of the molecule is COc1ccc(NC(=O)OC(C)(C)C)c([C@@H]2C[C@H]2C(=O)O)c1. The molecule has 0 aliphatic heterocycles. The van der Waals surface area contributed by atoms with Gasteiger partial charge < -0.3 is 14.6 Å². The number of ether oxygens (including phenoxy) is 2. The molecular weight excluding hydrogens is 286 g/mol. The van der Waals surface area contributed by atoms with Crippen LogP contribution < -0.4 is 10.1 Å². The molecule has 0 saturated heterocycles. The van der Waals surface area contributed by atoms with Gasteiger partial charge in [0.05, 0.1) is 13.0 Å². The second-order valence-corrected chi connectivity index (χ2v) is 6.37. The van der Waals surface area contributed by atoms with Gasteiger partial charge in [0.2, 0.25) is 0 Å². The standard InChI is InChI=1S/C16H21NO5/c1-16(2,3)22-15(20)17-13-6-5-9(21-4)7-11(13)10-8-12(10)14(18)19/h5-7,10,12H,8H2,1-4H3,(H,17,20)(H,18,19)/t10-,12+/m0/s1. The van der Waals surface area contributed by atoms with E-state index in [0.717, 1.165) is 5.56 Å². The maximum atomic E-state index is 11.9. The maximum absolute atomic E-state index is 11.9. The number of aliphatic carboxylic acids is 1. The summed E-state index contributed by atoms with van der Waals surface area (Å²) < 4.78 is 10.4. The third-order valence-electron chi connectivity index (χ3n) is 3.40. The van der Waals surface area contributed by atoms with Gasteiger partial charge in [-0.25, -0.2) is 4.79 Å². The Bertz CT molecular complexity index is 591. The first-order valence-electron chi connectivity index (χ1n) is 7.12. The smallest absolute Gasteiger partial charge is 0.412 e. The Kier molecular flexibility index (Phi) is 4.30. The summed E-state index contributed by atoms with van der Waals surface area (Å²) in [4.78, 5) is 23.0. The van der Waals surface area contributed by atoms with Crippen molar-refractivity contribution in [1.29, 1.82) is 0 Å². The average molecular weight is 307 g/mol. The van der Waals surface area contributed by atoms with Crippen molar-refractivity contribution in [2.75, 3.05) is 12.4 Å². The summed E-state index contributed by atoms with van der Waals surface area (Å²) in [7, 11) is 1.54. The number of carboxylic acid groups (broad SMARTS) is 1. The van der Waals surface area contributed by atoms with E-state index in [0.29, 0.717) is 17.9 Å². The summed E-state index contributed by atoms with van der Waals surface area (Å²) in [6.45, 7) is 5.34. The molecule has 0 radical (unpaired) electrons. The van der Waals surface area contributed by atoms with E-state index in [1.165, 1.54) is 0 Å². The lowest BCUT2D eigenvalue weighted by Gasteiger charge is -2.20. The number of rotatable bonds is 4. The first-order valence-corrected chi connectivity index (χ1v) is 7.12. The predicted molar refractivity (Wildman–Crippen MR) is 81.3 cm³/mol. The van der Waals surface area contributed by atoms with Crippen molar-refractivity contribution in [2.45, 2.75) is 38.7 Å². The molecule has 0 bridgehead atoms. The van der Waals surface area contributed by atoms with Crippen LogP contribution in [0.2, 0.25) is 0 Å². The number of benzene rings is 1. The molecule has 1 fully saturated rings. The summed E-state index contributed by atoms with van der Waals surface area (Å²) in [5, 5.41) is 11.8. The third-order valence-corrected chi connectivity index (χ3v) is 3.40. The van der Waals surface area contributed by atoms with Crippen molar-refractivity contribution in [3.8, 4) is 5.75 Å². The second kappa shape index (κ2) is 5.87. The molecule has 2 atom stereocenters. The molecule has 0 aromatic heterocycles. The monoisotopic (exact) mass is 307 g/mol. The maximum Gasteiger partial charge on any atom is 0.412 e. The van der Waals surface area contributed by atoms with Crippen LogP contribution in [0, 0.1) is 5.92 Å². The Morgan fingerprint density at radius 3 is 2.50 bits per heavy atom. The van der Waals surface area contributed by atoms with E-state index in [-0.39, 0.29) is 5.92 Å². The average Bonchev–Trinajstić information content (AvgIpc) is 3.17. The molecule has 1 aromatic rings. The zero-order valence-electron chi connectivity index (χ0n) is 13.2. The number of anilines is 1. The highest BCUT2D eigenvalue weighted by atomic mass is 16.6. The third kappa shape index (κ3) is 3.90. The van der Waals surface area contributed by atoms with Crippen LogP contribution in [-0.4, -0.2) is 29.9 Å². The zero-order chi connectivity index (χ0) is 16.5. The van der Waals surface area contributed by atoms with E-state index in [2.05, 4.69) is 5.32 Å². The van der Waals surface area contributed by atoms with Crippen LogP contribution in [0.25, 0.3) is 0 Å². The first-order chi connectivity index (χ1) is 10.2. The van der Waals surface area contributed by atoms with E-state index in [9.17, 15) is 9.59 Å². The lowest BCUT2D eigenvalue weighted by atomic mass is 10.1. The minimum Gasteiger partial charge on any atom is -0.497 e. The van der Waals surface area contributed by atoms with Gasteiger partial charge in [0.25, 0.3) is 0 Å². The molecule has 0 heterocycles. The summed E-state index contributed by atoms with van der Waals surface area (Å²) in [5.74, 6) is -0.722. The molecule has 1 aliphatic carbocycles. The Morgan fingerprint density at radius 2 is 2.00 bits per heavy atom. The van der Waals surface area contributed by atoms with Crippen LogP contribution in [0.3, 0.4) is 0 Å². The van der Waals surface area contributed by atoms with Gasteiger partial charge in [0.1, 0.15) is 11.4 Å². The fourth-order valence-electron chi connectivity index (χ4n) is 2.31. The molecule has 1 aromatic carbocycles. The number of carbonyl (C=O) groups is 2. The molecule has 6 heteroatoms. The van der Waals surface area contributed by atoms with Crippen LogP contribution in [0.4, 0.5) is 10.5 Å². The van der Waals surface area contributed by atoms with Crippen molar-refractivity contribution < 1.29 is 24.2 Å². The topological polar surface area (TPSA) is 84.9 Å². The van der Waals surface area contributed by atoms with Crippen LogP contribution >= 0.6 is 0 Å². The number of carboxylic acids is 1. The van der Waals surface area contributed by atoms with E-state index >= 15 is 0 Å². The highest BCUT2D eigenvalue weighted by molar-refractivity contribution is 5.87. The molecule has 22 heavy (non-hydrogen) atoms. The van der Waals surface area contributed by atoms with E-state index in [1.807, 2.05) is 0 Å². The molecule has 120 valence electrons. The van der Waals surface area contributed by atoms with Crippen LogP contribution in [0.5, 0.6) is 5.75 Å². The fourth-order valence-corrected chi connectivity index (χ4v) is 2.31. The number of hydrogen-bond donors (Lipinski definition) is 2. The molecule has 2 rings (SSSR count). The lowest BCUT2D eigenvalue weighted by Crippen LogP contribution is -2.27. The van der Waals surface area contributed by atoms with Gasteiger partial charge in [-0.1, -0.05) is 0 Å². The fraction of sp³-hybridized carbons (Fsp3) is 0.500. The highest BCUT2D eigenvalue weighted by Gasteiger charge is 2.45. The van der Waals surface area contributed by atoms with Crippen molar-refractivity contribution in [2.24, 2.45) is 5.92 Å². The van der Waals surface area contributed by atoms with Crippen LogP contribution in [0.1, 0.15) is 38.7 Å². The van der Waals surface area contributed by atoms with Gasteiger partial charge in [-0.2, -0.15) is 0 Å². The summed E-state index contributed by atoms with van der Waals surface area (Å²) in [6.07, 6.45) is -0.00247. The molecule has 1 saturated carbocycles. The second-order valence-electron chi connectivity index (χ2n) is 6.37. The van der Waals surface area contributed by atoms with E-state index in [1.54, 1.807) is 46.1 Å². The van der Waals surface area contributed by atoms with Gasteiger partial charge in [-0.05, 0) is 51.0 Å². The molecular formula is C16H21NO5. The summed E-state index contributed by atoms with van der Waals surface area (Å²) in [5.41, 5.74) is 0.723. The van der Waals surface area contributed by atoms with Gasteiger partial charge in [-0.15, -0.1) is 0 Å². The molecule has 1 amide bonds. The predicted octanol–water partition coefficient (Wildman–Crippen LogP) is 3.23. The summed E-state index contributed by atoms with van der Waals surface area (Å²) in [6, 6.07) is 5.18. The van der Waals surface area contributed by atoms with Crippen molar-refractivity contribution in [3.05, 3.63) is 23.8 Å². The highest BCUT2D eigenvalue weighted by Crippen LogP contribution is 2.50. The van der Waals surface area contributed by atoms with Crippen molar-refractivity contribution in [1.82, 2.24) is 0 Å². The first kappa shape index (κ1) is 16.1. The lowest BCUT2D eigenvalue weighted by molar-refractivity contribution is -0.138. The number of amides is 1. The Morgan fingerprint density at radius 1 is 1.32 bits per heavy atom. The Balaban J connectivity index is 2.20. The molecule has 6 nitrogen and oxygen atoms in total. The zero-order valence-corrected chi connectivity index (χ0v) is 13.2. The minimum absolute atomic E-state index is 0.113. The van der Waals surface area contributed by atoms with Gasteiger partial charge >= 0.3 is 12.1 Å². The summed E-state index contributed by atoms with van der Waals surface area (Å²) >= 11 is 0. The van der Waals surface area contributed by atoms with Gasteiger partial charge in [0, 0.05) is 11.6 Å². The largest absolute Gasteiger partial charge is 0.497 e. The van der Waals surface area contributed by atoms with E-state index in [4.69, 9.17) is 14.6 Å². The molecule has 0 unspecified atom stereocenters. The number of methoxy groups -OCH3 is 1. The Hall–Kier alpha value is -2.24.